The second-order valence-corrected chi connectivity index (χ2v) is 5.96. The second-order valence-electron chi connectivity index (χ2n) is 5.96. The third-order valence-electron chi connectivity index (χ3n) is 3.94. The van der Waals surface area contributed by atoms with Crippen molar-refractivity contribution in [3.63, 3.8) is 0 Å². The summed E-state index contributed by atoms with van der Waals surface area (Å²) in [5.41, 5.74) is 1.34. The van der Waals surface area contributed by atoms with Gasteiger partial charge in [0.2, 0.25) is 0 Å². The van der Waals surface area contributed by atoms with E-state index in [2.05, 4.69) is 19.0 Å². The number of hydrogen-bond acceptors (Lipinski definition) is 2. The quantitative estimate of drug-likeness (QED) is 0.848. The Morgan fingerprint density at radius 1 is 1.35 bits per heavy atom. The Morgan fingerprint density at radius 2 is 2.00 bits per heavy atom. The molecule has 1 aromatic rings. The molecule has 1 amide bonds. The van der Waals surface area contributed by atoms with Gasteiger partial charge in [-0.3, -0.25) is 4.79 Å². The molecule has 1 saturated heterocycles. The van der Waals surface area contributed by atoms with Gasteiger partial charge in [0.05, 0.1) is 0 Å². The van der Waals surface area contributed by atoms with Crippen molar-refractivity contribution < 1.29 is 9.18 Å². The highest BCUT2D eigenvalue weighted by Gasteiger charge is 2.24. The molecule has 0 aromatic heterocycles. The lowest BCUT2D eigenvalue weighted by Gasteiger charge is -2.33. The van der Waals surface area contributed by atoms with Crippen LogP contribution in [0.3, 0.4) is 0 Å². The minimum Gasteiger partial charge on any atom is -0.339 e. The third-order valence-corrected chi connectivity index (χ3v) is 3.94. The van der Waals surface area contributed by atoms with Crippen LogP contribution in [-0.4, -0.2) is 49.4 Å². The maximum Gasteiger partial charge on any atom is 0.254 e. The lowest BCUT2D eigenvalue weighted by atomic mass is 9.95. The molecule has 0 atom stereocenters. The predicted molar refractivity (Wildman–Crippen MR) is 78.3 cm³/mol. The molecule has 110 valence electrons. The zero-order valence-corrected chi connectivity index (χ0v) is 12.5. The fraction of sp³-hybridized carbons (Fsp3) is 0.562. The number of hydrogen-bond donors (Lipinski definition) is 0. The summed E-state index contributed by atoms with van der Waals surface area (Å²) >= 11 is 0. The number of halogens is 1. The number of likely N-dealkylation sites (tertiary alicyclic amines) is 1. The van der Waals surface area contributed by atoms with Crippen LogP contribution >= 0.6 is 0 Å². The van der Waals surface area contributed by atoms with E-state index in [0.29, 0.717) is 17.0 Å². The minimum absolute atomic E-state index is 0.0332. The Hall–Kier alpha value is -1.42. The highest BCUT2D eigenvalue weighted by molar-refractivity contribution is 5.95. The van der Waals surface area contributed by atoms with Crippen molar-refractivity contribution in [1.82, 2.24) is 9.80 Å². The normalized spacial score (nSPS) is 16.8. The van der Waals surface area contributed by atoms with Gasteiger partial charge in [-0.25, -0.2) is 4.39 Å². The lowest BCUT2D eigenvalue weighted by molar-refractivity contribution is 0.0677. The summed E-state index contributed by atoms with van der Waals surface area (Å²) < 4.78 is 13.1. The van der Waals surface area contributed by atoms with Gasteiger partial charge in [0.1, 0.15) is 5.82 Å². The third kappa shape index (κ3) is 3.57. The van der Waals surface area contributed by atoms with E-state index in [1.807, 2.05) is 4.90 Å². The minimum atomic E-state index is -0.288. The maximum absolute atomic E-state index is 13.1. The van der Waals surface area contributed by atoms with Crippen LogP contribution in [0.25, 0.3) is 0 Å². The van der Waals surface area contributed by atoms with Gasteiger partial charge < -0.3 is 9.80 Å². The molecule has 1 aliphatic heterocycles. The number of benzene rings is 1. The highest BCUT2D eigenvalue weighted by atomic mass is 19.1. The van der Waals surface area contributed by atoms with Crippen molar-refractivity contribution in [2.24, 2.45) is 5.92 Å². The smallest absolute Gasteiger partial charge is 0.254 e. The molecule has 0 unspecified atom stereocenters. The largest absolute Gasteiger partial charge is 0.339 e. The summed E-state index contributed by atoms with van der Waals surface area (Å²) in [6.07, 6.45) is 2.09. The molecule has 4 heteroatoms. The summed E-state index contributed by atoms with van der Waals surface area (Å²) in [5.74, 6) is 0.415. The number of aryl methyl sites for hydroxylation is 1. The zero-order chi connectivity index (χ0) is 14.7. The summed E-state index contributed by atoms with van der Waals surface area (Å²) in [5, 5.41) is 0. The number of rotatable bonds is 3. The fourth-order valence-corrected chi connectivity index (χ4v) is 2.87. The van der Waals surface area contributed by atoms with Gasteiger partial charge >= 0.3 is 0 Å². The van der Waals surface area contributed by atoms with E-state index in [1.165, 1.54) is 12.1 Å². The van der Waals surface area contributed by atoms with Gasteiger partial charge in [0.25, 0.3) is 5.91 Å². The zero-order valence-electron chi connectivity index (χ0n) is 12.5. The van der Waals surface area contributed by atoms with Crippen molar-refractivity contribution in [2.45, 2.75) is 19.8 Å². The predicted octanol–water partition coefficient (Wildman–Crippen LogP) is 2.55. The maximum atomic E-state index is 13.1. The van der Waals surface area contributed by atoms with Crippen molar-refractivity contribution in [3.8, 4) is 0 Å². The van der Waals surface area contributed by atoms with Gasteiger partial charge in [-0.05, 0) is 63.5 Å². The van der Waals surface area contributed by atoms with Gasteiger partial charge in [0.15, 0.2) is 0 Å². The molecule has 0 spiro atoms. The number of nitrogens with zero attached hydrogens (tertiary/aromatic N) is 2. The first-order valence-corrected chi connectivity index (χ1v) is 7.17. The van der Waals surface area contributed by atoms with Crippen LogP contribution in [0, 0.1) is 18.7 Å². The molecule has 1 aromatic carbocycles. The van der Waals surface area contributed by atoms with Crippen molar-refractivity contribution in [2.75, 3.05) is 33.7 Å². The lowest BCUT2D eigenvalue weighted by Crippen LogP contribution is -2.40. The molecule has 0 N–H and O–H groups in total. The molecule has 1 aliphatic rings. The van der Waals surface area contributed by atoms with Crippen LogP contribution in [0.1, 0.15) is 28.8 Å². The monoisotopic (exact) mass is 278 g/mol. The first-order chi connectivity index (χ1) is 9.47. The van der Waals surface area contributed by atoms with E-state index in [1.54, 1.807) is 13.0 Å². The molecule has 2 rings (SSSR count). The van der Waals surface area contributed by atoms with E-state index < -0.39 is 0 Å². The molecular formula is C16H23FN2O. The van der Waals surface area contributed by atoms with Crippen LogP contribution in [0.5, 0.6) is 0 Å². The summed E-state index contributed by atoms with van der Waals surface area (Å²) in [6, 6.07) is 4.38. The van der Waals surface area contributed by atoms with Crippen LogP contribution in [0.2, 0.25) is 0 Å². The first kappa shape index (κ1) is 15.0. The Balaban J connectivity index is 1.98. The van der Waals surface area contributed by atoms with Crippen LogP contribution < -0.4 is 0 Å². The van der Waals surface area contributed by atoms with E-state index in [4.69, 9.17) is 0 Å². The number of carbonyl (C=O) groups excluding carboxylic acids is 1. The number of carbonyl (C=O) groups is 1. The van der Waals surface area contributed by atoms with Crippen molar-refractivity contribution in [3.05, 3.63) is 35.1 Å². The molecule has 20 heavy (non-hydrogen) atoms. The molecule has 3 nitrogen and oxygen atoms in total. The molecular weight excluding hydrogens is 255 g/mol. The Bertz CT molecular complexity index is 479. The summed E-state index contributed by atoms with van der Waals surface area (Å²) in [6.45, 7) is 4.47. The molecule has 0 saturated carbocycles. The highest BCUT2D eigenvalue weighted by Crippen LogP contribution is 2.21. The van der Waals surface area contributed by atoms with E-state index in [9.17, 15) is 9.18 Å². The second kappa shape index (κ2) is 6.35. The van der Waals surface area contributed by atoms with E-state index in [0.717, 1.165) is 32.5 Å². The van der Waals surface area contributed by atoms with E-state index in [-0.39, 0.29) is 11.7 Å². The van der Waals surface area contributed by atoms with Gasteiger partial charge in [-0.2, -0.15) is 0 Å². The van der Waals surface area contributed by atoms with Gasteiger partial charge in [0, 0.05) is 25.2 Å². The molecule has 0 bridgehead atoms. The number of piperidine rings is 1. The molecule has 1 heterocycles. The Labute approximate surface area is 120 Å². The molecule has 0 aliphatic carbocycles. The molecule has 0 radical (unpaired) electrons. The Kier molecular flexibility index (Phi) is 4.76. The average molecular weight is 278 g/mol. The van der Waals surface area contributed by atoms with Crippen LogP contribution in [0.4, 0.5) is 4.39 Å². The Morgan fingerprint density at radius 3 is 2.55 bits per heavy atom. The van der Waals surface area contributed by atoms with Gasteiger partial charge in [-0.15, -0.1) is 0 Å². The van der Waals surface area contributed by atoms with Gasteiger partial charge in [-0.1, -0.05) is 0 Å². The first-order valence-electron chi connectivity index (χ1n) is 7.17. The summed E-state index contributed by atoms with van der Waals surface area (Å²) in [4.78, 5) is 16.5. The average Bonchev–Trinajstić information content (AvgIpc) is 2.38. The fourth-order valence-electron chi connectivity index (χ4n) is 2.87. The van der Waals surface area contributed by atoms with Crippen LogP contribution in [0.15, 0.2) is 18.2 Å². The van der Waals surface area contributed by atoms with Crippen molar-refractivity contribution in [1.29, 1.82) is 0 Å². The molecule has 1 fully saturated rings. The SMILES string of the molecule is Cc1cc(F)ccc1C(=O)N1CCC(CN(C)C)CC1. The topological polar surface area (TPSA) is 23.6 Å². The van der Waals surface area contributed by atoms with E-state index >= 15 is 0 Å². The van der Waals surface area contributed by atoms with Crippen molar-refractivity contribution >= 4 is 5.91 Å². The standard InChI is InChI=1S/C16H23FN2O/c1-12-10-14(17)4-5-15(12)16(20)19-8-6-13(7-9-19)11-18(2)3/h4-5,10,13H,6-9,11H2,1-3H3. The summed E-state index contributed by atoms with van der Waals surface area (Å²) in [7, 11) is 4.17. The van der Waals surface area contributed by atoms with Crippen LogP contribution in [-0.2, 0) is 0 Å². The number of amides is 1.